The first kappa shape index (κ1) is 22.0. The average molecular weight is 433 g/mol. The molecule has 170 valence electrons. The molecular weight excluding hydrogens is 400 g/mol. The lowest BCUT2D eigenvalue weighted by atomic mass is 9.74. The molecule has 1 spiro atoms. The van der Waals surface area contributed by atoms with E-state index in [9.17, 15) is 19.5 Å². The Bertz CT molecular complexity index is 823. The van der Waals surface area contributed by atoms with E-state index in [0.29, 0.717) is 19.4 Å². The Morgan fingerprint density at radius 2 is 1.94 bits per heavy atom. The van der Waals surface area contributed by atoms with Gasteiger partial charge < -0.3 is 24.4 Å². The fraction of sp³-hybridized carbons (Fsp3) is 0.696. The fourth-order valence-electron chi connectivity index (χ4n) is 5.60. The monoisotopic (exact) mass is 432 g/mol. The smallest absolute Gasteiger partial charge is 0.313 e. The zero-order valence-electron chi connectivity index (χ0n) is 18.5. The molecule has 1 N–H and O–H groups in total. The lowest BCUT2D eigenvalue weighted by molar-refractivity contribution is -0.159. The van der Waals surface area contributed by atoms with Crippen LogP contribution in [0.4, 0.5) is 0 Å². The summed E-state index contributed by atoms with van der Waals surface area (Å²) in [6.45, 7) is 6.50. The maximum atomic E-state index is 13.7. The molecule has 1 unspecified atom stereocenters. The van der Waals surface area contributed by atoms with Gasteiger partial charge in [0.25, 0.3) is 0 Å². The number of hydrogen-bond donors (Lipinski definition) is 1. The maximum absolute atomic E-state index is 13.7. The van der Waals surface area contributed by atoms with Crippen molar-refractivity contribution >= 4 is 17.8 Å². The molecule has 0 aromatic rings. The van der Waals surface area contributed by atoms with E-state index >= 15 is 0 Å². The Morgan fingerprint density at radius 1 is 1.16 bits per heavy atom. The van der Waals surface area contributed by atoms with E-state index in [-0.39, 0.29) is 37.6 Å². The second-order valence-electron chi connectivity index (χ2n) is 9.30. The SMILES string of the molecule is CC(C)N1CC=C[C@]23O[C@]4(C)/C=C\CCCOC(=O)[C@@H]4[C@H]2C(=O)N(CCCO)C3C1=O. The Balaban J connectivity index is 1.86. The van der Waals surface area contributed by atoms with E-state index in [1.165, 1.54) is 4.90 Å². The van der Waals surface area contributed by atoms with Crippen molar-refractivity contribution in [1.29, 1.82) is 0 Å². The largest absolute Gasteiger partial charge is 0.465 e. The number of ether oxygens (including phenoxy) is 2. The minimum Gasteiger partial charge on any atom is -0.465 e. The molecule has 0 aromatic carbocycles. The number of likely N-dealkylation sites (tertiary alicyclic amines) is 1. The molecular formula is C23H32N2O6. The van der Waals surface area contributed by atoms with Crippen molar-refractivity contribution in [1.82, 2.24) is 9.80 Å². The molecule has 0 saturated carbocycles. The van der Waals surface area contributed by atoms with Gasteiger partial charge in [-0.25, -0.2) is 0 Å². The summed E-state index contributed by atoms with van der Waals surface area (Å²) in [7, 11) is 0. The predicted molar refractivity (Wildman–Crippen MR) is 112 cm³/mol. The minimum atomic E-state index is -1.25. The molecule has 5 atom stereocenters. The molecule has 0 aromatic heterocycles. The Labute approximate surface area is 182 Å². The summed E-state index contributed by atoms with van der Waals surface area (Å²) in [6, 6.07) is -0.939. The van der Waals surface area contributed by atoms with Crippen LogP contribution in [-0.2, 0) is 23.9 Å². The van der Waals surface area contributed by atoms with Crippen LogP contribution in [0.15, 0.2) is 24.3 Å². The Kier molecular flexibility index (Phi) is 5.72. The molecule has 8 nitrogen and oxygen atoms in total. The number of aliphatic hydroxyl groups is 1. The number of allylic oxidation sites excluding steroid dienone is 1. The van der Waals surface area contributed by atoms with Crippen molar-refractivity contribution in [3.8, 4) is 0 Å². The molecule has 2 amide bonds. The summed E-state index contributed by atoms with van der Waals surface area (Å²) in [4.78, 5) is 43.9. The van der Waals surface area contributed by atoms with Crippen LogP contribution in [0.25, 0.3) is 0 Å². The molecule has 4 rings (SSSR count). The van der Waals surface area contributed by atoms with Gasteiger partial charge >= 0.3 is 5.97 Å². The molecule has 0 aliphatic carbocycles. The van der Waals surface area contributed by atoms with Crippen LogP contribution < -0.4 is 0 Å². The minimum absolute atomic E-state index is 0.0554. The van der Waals surface area contributed by atoms with Crippen molar-refractivity contribution in [2.75, 3.05) is 26.3 Å². The van der Waals surface area contributed by atoms with E-state index in [2.05, 4.69) is 0 Å². The number of amides is 2. The third-order valence-corrected chi connectivity index (χ3v) is 6.96. The topological polar surface area (TPSA) is 96.4 Å². The van der Waals surface area contributed by atoms with E-state index in [0.717, 1.165) is 6.42 Å². The van der Waals surface area contributed by atoms with Gasteiger partial charge in [-0.1, -0.05) is 24.3 Å². The molecule has 0 radical (unpaired) electrons. The first-order chi connectivity index (χ1) is 14.8. The number of rotatable bonds is 4. The van der Waals surface area contributed by atoms with Crippen molar-refractivity contribution in [2.45, 2.75) is 63.3 Å². The molecule has 0 bridgehead atoms. The third kappa shape index (κ3) is 3.31. The van der Waals surface area contributed by atoms with Gasteiger partial charge in [-0.2, -0.15) is 0 Å². The van der Waals surface area contributed by atoms with Crippen LogP contribution in [-0.4, -0.2) is 82.3 Å². The Hall–Kier alpha value is -2.19. The molecule has 2 saturated heterocycles. The van der Waals surface area contributed by atoms with Crippen LogP contribution >= 0.6 is 0 Å². The molecule has 8 heteroatoms. The number of hydrogen-bond acceptors (Lipinski definition) is 6. The number of cyclic esters (lactones) is 1. The van der Waals surface area contributed by atoms with Crippen LogP contribution in [0.2, 0.25) is 0 Å². The normalized spacial score (nSPS) is 38.7. The van der Waals surface area contributed by atoms with Gasteiger partial charge in [0, 0.05) is 25.7 Å². The molecule has 4 aliphatic rings. The van der Waals surface area contributed by atoms with Gasteiger partial charge in [0.2, 0.25) is 11.8 Å². The highest BCUT2D eigenvalue weighted by Gasteiger charge is 2.74. The second-order valence-corrected chi connectivity index (χ2v) is 9.30. The first-order valence-electron chi connectivity index (χ1n) is 11.2. The van der Waals surface area contributed by atoms with Gasteiger partial charge in [-0.3, -0.25) is 14.4 Å². The summed E-state index contributed by atoms with van der Waals surface area (Å²) < 4.78 is 12.2. The number of nitrogens with zero attached hydrogens (tertiary/aromatic N) is 2. The summed E-state index contributed by atoms with van der Waals surface area (Å²) in [5.74, 6) is -2.65. The van der Waals surface area contributed by atoms with Crippen molar-refractivity contribution in [2.24, 2.45) is 11.8 Å². The van der Waals surface area contributed by atoms with Crippen molar-refractivity contribution < 1.29 is 29.0 Å². The number of carbonyl (C=O) groups excluding carboxylic acids is 3. The summed E-state index contributed by atoms with van der Waals surface area (Å²) in [6.07, 6.45) is 9.33. The zero-order chi connectivity index (χ0) is 22.4. The summed E-state index contributed by atoms with van der Waals surface area (Å²) >= 11 is 0. The van der Waals surface area contributed by atoms with Crippen LogP contribution in [0.1, 0.15) is 40.0 Å². The standard InChI is InChI=1S/C23H32N2O6/c1-15(2)24-11-7-10-23-16(19(27)25(12-8-13-26)18(23)20(24)28)17-21(29)30-14-6-4-5-9-22(17,3)31-23/h5,7,9-10,15-18,26H,4,6,8,11-14H2,1-3H3/b9-5-/t16-,17-,18?,22+,23-/m0/s1. The van der Waals surface area contributed by atoms with E-state index in [1.807, 2.05) is 38.2 Å². The van der Waals surface area contributed by atoms with Crippen molar-refractivity contribution in [3.63, 3.8) is 0 Å². The van der Waals surface area contributed by atoms with Gasteiger partial charge in [-0.05, 0) is 40.0 Å². The first-order valence-corrected chi connectivity index (χ1v) is 11.2. The van der Waals surface area contributed by atoms with Gasteiger partial charge in [0.15, 0.2) is 0 Å². The van der Waals surface area contributed by atoms with Gasteiger partial charge in [-0.15, -0.1) is 0 Å². The molecule has 4 aliphatic heterocycles. The molecule has 31 heavy (non-hydrogen) atoms. The van der Waals surface area contributed by atoms with Crippen LogP contribution in [0.5, 0.6) is 0 Å². The lowest BCUT2D eigenvalue weighted by Crippen LogP contribution is -2.57. The van der Waals surface area contributed by atoms with Gasteiger partial charge in [0.05, 0.1) is 18.1 Å². The number of carbonyl (C=O) groups is 3. The van der Waals surface area contributed by atoms with Gasteiger partial charge in [0.1, 0.15) is 17.6 Å². The number of aliphatic hydroxyl groups excluding tert-OH is 1. The highest BCUT2D eigenvalue weighted by atomic mass is 16.6. The second kappa shape index (κ2) is 8.06. The van der Waals surface area contributed by atoms with E-state index in [4.69, 9.17) is 9.47 Å². The average Bonchev–Trinajstić information content (AvgIpc) is 3.05. The quantitative estimate of drug-likeness (QED) is 0.527. The fourth-order valence-corrected chi connectivity index (χ4v) is 5.60. The molecule has 2 fully saturated rings. The van der Waals surface area contributed by atoms with Crippen LogP contribution in [0.3, 0.4) is 0 Å². The number of esters is 1. The van der Waals surface area contributed by atoms with E-state index in [1.54, 1.807) is 11.8 Å². The summed E-state index contributed by atoms with van der Waals surface area (Å²) in [5, 5.41) is 9.38. The third-order valence-electron chi connectivity index (χ3n) is 6.96. The molecule has 4 heterocycles. The lowest BCUT2D eigenvalue weighted by Gasteiger charge is -2.38. The zero-order valence-corrected chi connectivity index (χ0v) is 18.5. The predicted octanol–water partition coefficient (Wildman–Crippen LogP) is 1.04. The highest BCUT2D eigenvalue weighted by Crippen LogP contribution is 2.57. The maximum Gasteiger partial charge on any atom is 0.313 e. The van der Waals surface area contributed by atoms with Crippen molar-refractivity contribution in [3.05, 3.63) is 24.3 Å². The summed E-state index contributed by atoms with van der Waals surface area (Å²) in [5.41, 5.74) is -2.31. The van der Waals surface area contributed by atoms with E-state index < -0.39 is 35.0 Å². The number of fused-ring (bicyclic) bond motifs is 2. The Morgan fingerprint density at radius 3 is 2.65 bits per heavy atom. The van der Waals surface area contributed by atoms with Crippen LogP contribution in [0, 0.1) is 11.8 Å². The highest BCUT2D eigenvalue weighted by molar-refractivity contribution is 5.99.